The zero-order chi connectivity index (χ0) is 16.2. The third-order valence-corrected chi connectivity index (χ3v) is 3.23. The average Bonchev–Trinajstić information content (AvgIpc) is 2.46. The third kappa shape index (κ3) is 3.77. The van der Waals surface area contributed by atoms with Gasteiger partial charge in [-0.3, -0.25) is 4.79 Å². The van der Waals surface area contributed by atoms with Crippen molar-refractivity contribution in [3.8, 4) is 17.2 Å². The second-order valence-electron chi connectivity index (χ2n) is 4.54. The largest absolute Gasteiger partial charge is 0.502 e. The van der Waals surface area contributed by atoms with Gasteiger partial charge in [-0.15, -0.1) is 0 Å². The van der Waals surface area contributed by atoms with Crippen LogP contribution < -0.4 is 9.47 Å². The van der Waals surface area contributed by atoms with Gasteiger partial charge >= 0.3 is 5.97 Å². The minimum Gasteiger partial charge on any atom is -0.502 e. The monoisotopic (exact) mass is 297 g/mol. The number of carboxylic acids is 1. The van der Waals surface area contributed by atoms with Gasteiger partial charge in [0.15, 0.2) is 11.5 Å². The molecule has 0 bridgehead atoms. The molecule has 1 rings (SSSR count). The number of phenols is 1. The Morgan fingerprint density at radius 2 is 1.71 bits per heavy atom. The summed E-state index contributed by atoms with van der Waals surface area (Å²) in [5.74, 6) is -1.22. The molecular weight excluding hydrogens is 278 g/mol. The minimum atomic E-state index is -1.08. The van der Waals surface area contributed by atoms with Gasteiger partial charge in [0.2, 0.25) is 11.7 Å². The number of benzene rings is 1. The van der Waals surface area contributed by atoms with Crippen molar-refractivity contribution in [1.29, 1.82) is 0 Å². The molecule has 1 amide bonds. The lowest BCUT2D eigenvalue weighted by Gasteiger charge is -2.21. The Kier molecular flexibility index (Phi) is 5.40. The molecular formula is C14H19NO6. The van der Waals surface area contributed by atoms with Crippen molar-refractivity contribution in [3.63, 3.8) is 0 Å². The van der Waals surface area contributed by atoms with Crippen LogP contribution in [0.2, 0.25) is 0 Å². The summed E-state index contributed by atoms with van der Waals surface area (Å²) in [5.41, 5.74) is 0.552. The van der Waals surface area contributed by atoms with E-state index in [9.17, 15) is 14.7 Å². The van der Waals surface area contributed by atoms with Crippen LogP contribution >= 0.6 is 0 Å². The molecule has 0 spiro atoms. The van der Waals surface area contributed by atoms with Crippen LogP contribution in [0.3, 0.4) is 0 Å². The number of carbonyl (C=O) groups excluding carboxylic acids is 1. The van der Waals surface area contributed by atoms with Gasteiger partial charge in [-0.05, 0) is 24.6 Å². The molecule has 1 unspecified atom stereocenters. The van der Waals surface area contributed by atoms with E-state index in [0.717, 1.165) is 4.90 Å². The number of rotatable bonds is 6. The number of aliphatic carboxylic acids is 1. The topological polar surface area (TPSA) is 96.3 Å². The summed E-state index contributed by atoms with van der Waals surface area (Å²) < 4.78 is 10.0. The number of hydrogen-bond donors (Lipinski definition) is 2. The summed E-state index contributed by atoms with van der Waals surface area (Å²) in [4.78, 5) is 24.1. The Balaban J connectivity index is 2.97. The SMILES string of the molecule is COc1cc(CC(=O)N(C)C(C)C(=O)O)cc(OC)c1O. The number of aromatic hydroxyl groups is 1. The highest BCUT2D eigenvalue weighted by atomic mass is 16.5. The zero-order valence-corrected chi connectivity index (χ0v) is 12.4. The van der Waals surface area contributed by atoms with Gasteiger partial charge in [-0.1, -0.05) is 0 Å². The number of nitrogens with zero attached hydrogens (tertiary/aromatic N) is 1. The van der Waals surface area contributed by atoms with E-state index < -0.39 is 12.0 Å². The predicted octanol–water partition coefficient (Wildman–Crippen LogP) is 0.883. The normalized spacial score (nSPS) is 11.6. The molecule has 2 N–H and O–H groups in total. The van der Waals surface area contributed by atoms with E-state index in [0.29, 0.717) is 5.56 Å². The molecule has 21 heavy (non-hydrogen) atoms. The third-order valence-electron chi connectivity index (χ3n) is 3.23. The Hall–Kier alpha value is -2.44. The lowest BCUT2D eigenvalue weighted by atomic mass is 10.1. The van der Waals surface area contributed by atoms with E-state index in [1.807, 2.05) is 0 Å². The first-order chi connectivity index (χ1) is 9.81. The van der Waals surface area contributed by atoms with E-state index in [1.165, 1.54) is 40.3 Å². The molecule has 0 aliphatic rings. The van der Waals surface area contributed by atoms with Crippen LogP contribution in [0.15, 0.2) is 12.1 Å². The molecule has 0 aliphatic carbocycles. The Morgan fingerprint density at radius 1 is 1.24 bits per heavy atom. The van der Waals surface area contributed by atoms with Crippen molar-refractivity contribution in [3.05, 3.63) is 17.7 Å². The number of ether oxygens (including phenoxy) is 2. The maximum absolute atomic E-state index is 12.1. The maximum atomic E-state index is 12.1. The molecule has 0 radical (unpaired) electrons. The average molecular weight is 297 g/mol. The molecule has 0 aromatic heterocycles. The quantitative estimate of drug-likeness (QED) is 0.809. The predicted molar refractivity (Wildman–Crippen MR) is 74.8 cm³/mol. The van der Waals surface area contributed by atoms with E-state index in [-0.39, 0.29) is 29.6 Å². The second kappa shape index (κ2) is 6.83. The summed E-state index contributed by atoms with van der Waals surface area (Å²) in [6.07, 6.45) is -0.0267. The molecule has 1 atom stereocenters. The summed E-state index contributed by atoms with van der Waals surface area (Å²) in [7, 11) is 4.20. The lowest BCUT2D eigenvalue weighted by molar-refractivity contribution is -0.148. The highest BCUT2D eigenvalue weighted by molar-refractivity contribution is 5.84. The van der Waals surface area contributed by atoms with Crippen LogP contribution in [0.5, 0.6) is 17.2 Å². The van der Waals surface area contributed by atoms with Crippen molar-refractivity contribution < 1.29 is 29.3 Å². The van der Waals surface area contributed by atoms with Crippen molar-refractivity contribution in [2.24, 2.45) is 0 Å². The number of methoxy groups -OCH3 is 2. The Labute approximate surface area is 122 Å². The first-order valence-electron chi connectivity index (χ1n) is 6.24. The van der Waals surface area contributed by atoms with Gasteiger partial charge in [0.25, 0.3) is 0 Å². The molecule has 1 aromatic carbocycles. The molecule has 0 fully saturated rings. The van der Waals surface area contributed by atoms with E-state index in [1.54, 1.807) is 0 Å². The molecule has 0 aliphatic heterocycles. The van der Waals surface area contributed by atoms with Crippen molar-refractivity contribution in [2.45, 2.75) is 19.4 Å². The molecule has 7 heteroatoms. The molecule has 0 saturated heterocycles. The number of hydrogen-bond acceptors (Lipinski definition) is 5. The fraction of sp³-hybridized carbons (Fsp3) is 0.429. The number of carboxylic acid groups (broad SMARTS) is 1. The Bertz CT molecular complexity index is 517. The molecule has 0 heterocycles. The zero-order valence-electron chi connectivity index (χ0n) is 12.4. The van der Waals surface area contributed by atoms with Crippen LogP contribution in [0, 0.1) is 0 Å². The summed E-state index contributed by atoms with van der Waals surface area (Å²) in [6, 6.07) is 2.10. The van der Waals surface area contributed by atoms with Crippen molar-refractivity contribution in [1.82, 2.24) is 4.90 Å². The van der Waals surface area contributed by atoms with Gasteiger partial charge in [-0.2, -0.15) is 0 Å². The van der Waals surface area contributed by atoms with Crippen LogP contribution in [-0.2, 0) is 16.0 Å². The van der Waals surface area contributed by atoms with Gasteiger partial charge in [0.1, 0.15) is 6.04 Å². The smallest absolute Gasteiger partial charge is 0.326 e. The number of carbonyl (C=O) groups is 2. The highest BCUT2D eigenvalue weighted by Crippen LogP contribution is 2.37. The van der Waals surface area contributed by atoms with Gasteiger partial charge < -0.3 is 24.6 Å². The molecule has 0 saturated carbocycles. The summed E-state index contributed by atoms with van der Waals surface area (Å²) in [5, 5.41) is 18.7. The molecule has 116 valence electrons. The minimum absolute atomic E-state index is 0.0267. The molecule has 7 nitrogen and oxygen atoms in total. The van der Waals surface area contributed by atoms with E-state index >= 15 is 0 Å². The van der Waals surface area contributed by atoms with Crippen LogP contribution in [-0.4, -0.2) is 54.3 Å². The first kappa shape index (κ1) is 16.6. The second-order valence-corrected chi connectivity index (χ2v) is 4.54. The first-order valence-corrected chi connectivity index (χ1v) is 6.24. The van der Waals surface area contributed by atoms with E-state index in [2.05, 4.69) is 0 Å². The van der Waals surface area contributed by atoms with Gasteiger partial charge in [-0.25, -0.2) is 4.79 Å². The lowest BCUT2D eigenvalue weighted by Crippen LogP contribution is -2.41. The number of amides is 1. The number of likely N-dealkylation sites (N-methyl/N-ethyl adjacent to an activating group) is 1. The summed E-state index contributed by atoms with van der Waals surface area (Å²) >= 11 is 0. The fourth-order valence-electron chi connectivity index (χ4n) is 1.73. The standard InChI is InChI=1S/C14H19NO6/c1-8(14(18)19)15(2)12(16)7-9-5-10(20-3)13(17)11(6-9)21-4/h5-6,8,17H,7H2,1-4H3,(H,18,19). The Morgan fingerprint density at radius 3 is 2.10 bits per heavy atom. The van der Waals surface area contributed by atoms with E-state index in [4.69, 9.17) is 14.6 Å². The summed E-state index contributed by atoms with van der Waals surface area (Å²) in [6.45, 7) is 1.43. The number of phenolic OH excluding ortho intramolecular Hbond substituents is 1. The van der Waals surface area contributed by atoms with Crippen LogP contribution in [0.25, 0.3) is 0 Å². The highest BCUT2D eigenvalue weighted by Gasteiger charge is 2.22. The van der Waals surface area contributed by atoms with Crippen LogP contribution in [0.4, 0.5) is 0 Å². The van der Waals surface area contributed by atoms with Gasteiger partial charge in [0.05, 0.1) is 20.6 Å². The van der Waals surface area contributed by atoms with Crippen LogP contribution in [0.1, 0.15) is 12.5 Å². The maximum Gasteiger partial charge on any atom is 0.326 e. The fourth-order valence-corrected chi connectivity index (χ4v) is 1.73. The van der Waals surface area contributed by atoms with Gasteiger partial charge in [0, 0.05) is 7.05 Å². The van der Waals surface area contributed by atoms with Crippen molar-refractivity contribution >= 4 is 11.9 Å². The van der Waals surface area contributed by atoms with Crippen molar-refractivity contribution in [2.75, 3.05) is 21.3 Å². The molecule has 1 aromatic rings.